The second-order valence-electron chi connectivity index (χ2n) is 4.16. The lowest BCUT2D eigenvalue weighted by atomic mass is 10.1. The van der Waals surface area contributed by atoms with Crippen molar-refractivity contribution >= 4 is 5.84 Å². The van der Waals surface area contributed by atoms with Gasteiger partial charge in [-0.15, -0.1) is 0 Å². The van der Waals surface area contributed by atoms with Crippen LogP contribution in [0.3, 0.4) is 0 Å². The van der Waals surface area contributed by atoms with Gasteiger partial charge >= 0.3 is 0 Å². The van der Waals surface area contributed by atoms with Crippen LogP contribution in [-0.2, 0) is 16.1 Å². The second kappa shape index (κ2) is 7.08. The Morgan fingerprint density at radius 3 is 2.72 bits per heavy atom. The molecule has 18 heavy (non-hydrogen) atoms. The minimum Gasteiger partial charge on any atom is -0.384 e. The molecule has 4 nitrogen and oxygen atoms in total. The van der Waals surface area contributed by atoms with Crippen LogP contribution in [-0.4, -0.2) is 25.2 Å². The van der Waals surface area contributed by atoms with Crippen molar-refractivity contribution in [2.75, 3.05) is 13.2 Å². The summed E-state index contributed by atoms with van der Waals surface area (Å²) in [4.78, 5) is 0. The van der Waals surface area contributed by atoms with Crippen LogP contribution in [0.25, 0.3) is 0 Å². The van der Waals surface area contributed by atoms with E-state index in [-0.39, 0.29) is 24.1 Å². The van der Waals surface area contributed by atoms with E-state index < -0.39 is 5.82 Å². The molecular formula is C13H19FN2O2. The fraction of sp³-hybridized carbons (Fsp3) is 0.462. The minimum absolute atomic E-state index is 0.106. The third-order valence-electron chi connectivity index (χ3n) is 2.31. The van der Waals surface area contributed by atoms with Crippen LogP contribution in [0.5, 0.6) is 0 Å². The third kappa shape index (κ3) is 4.43. The van der Waals surface area contributed by atoms with Gasteiger partial charge in [-0.25, -0.2) is 4.39 Å². The van der Waals surface area contributed by atoms with Gasteiger partial charge < -0.3 is 15.2 Å². The molecule has 0 saturated heterocycles. The molecule has 5 heteroatoms. The Bertz CT molecular complexity index is 408. The first kappa shape index (κ1) is 14.6. The minimum atomic E-state index is -0.491. The predicted molar refractivity (Wildman–Crippen MR) is 68.2 cm³/mol. The van der Waals surface area contributed by atoms with Crippen LogP contribution in [0.4, 0.5) is 4.39 Å². The molecular weight excluding hydrogens is 235 g/mol. The molecule has 0 amide bonds. The molecule has 3 N–H and O–H groups in total. The first-order chi connectivity index (χ1) is 8.52. The van der Waals surface area contributed by atoms with Gasteiger partial charge in [0.05, 0.1) is 31.5 Å². The molecule has 0 radical (unpaired) electrons. The Hall–Kier alpha value is -1.46. The van der Waals surface area contributed by atoms with Gasteiger partial charge in [-0.3, -0.25) is 5.41 Å². The van der Waals surface area contributed by atoms with E-state index in [0.29, 0.717) is 18.8 Å². The Balaban J connectivity index is 2.48. The number of ether oxygens (including phenoxy) is 2. The number of nitrogens with one attached hydrogen (secondary N) is 1. The van der Waals surface area contributed by atoms with Gasteiger partial charge in [-0.2, -0.15) is 0 Å². The Morgan fingerprint density at radius 1 is 1.39 bits per heavy atom. The van der Waals surface area contributed by atoms with Crippen LogP contribution >= 0.6 is 0 Å². The quantitative estimate of drug-likeness (QED) is 0.444. The second-order valence-corrected chi connectivity index (χ2v) is 4.16. The number of rotatable bonds is 7. The lowest BCUT2D eigenvalue weighted by Crippen LogP contribution is -2.15. The summed E-state index contributed by atoms with van der Waals surface area (Å²) in [7, 11) is 0. The standard InChI is InChI=1S/C13H19FN2O2/c1-9(2)18-7-6-17-8-10-4-3-5-11(12(10)14)13(15)16/h3-5,9H,6-8H2,1-2H3,(H3,15,16). The van der Waals surface area contributed by atoms with Crippen LogP contribution in [0, 0.1) is 11.2 Å². The largest absolute Gasteiger partial charge is 0.384 e. The van der Waals surface area contributed by atoms with Crippen molar-refractivity contribution in [3.63, 3.8) is 0 Å². The Morgan fingerprint density at radius 2 is 2.11 bits per heavy atom. The van der Waals surface area contributed by atoms with Crippen molar-refractivity contribution in [2.45, 2.75) is 26.6 Å². The summed E-state index contributed by atoms with van der Waals surface area (Å²) >= 11 is 0. The van der Waals surface area contributed by atoms with E-state index in [4.69, 9.17) is 20.6 Å². The topological polar surface area (TPSA) is 68.3 Å². The van der Waals surface area contributed by atoms with Crippen molar-refractivity contribution < 1.29 is 13.9 Å². The number of hydrogen-bond donors (Lipinski definition) is 2. The SMILES string of the molecule is CC(C)OCCOCc1cccc(C(=N)N)c1F. The molecule has 0 saturated carbocycles. The predicted octanol–water partition coefficient (Wildman–Crippen LogP) is 2.05. The van der Waals surface area contributed by atoms with Gasteiger partial charge in [0.2, 0.25) is 0 Å². The van der Waals surface area contributed by atoms with E-state index >= 15 is 0 Å². The molecule has 0 aliphatic heterocycles. The molecule has 1 rings (SSSR count). The van der Waals surface area contributed by atoms with E-state index in [2.05, 4.69) is 0 Å². The monoisotopic (exact) mass is 254 g/mol. The average molecular weight is 254 g/mol. The number of nitrogen functional groups attached to an aromatic ring is 1. The molecule has 0 bridgehead atoms. The fourth-order valence-electron chi connectivity index (χ4n) is 1.42. The molecule has 0 spiro atoms. The van der Waals surface area contributed by atoms with E-state index in [1.54, 1.807) is 12.1 Å². The molecule has 0 atom stereocenters. The number of benzene rings is 1. The summed E-state index contributed by atoms with van der Waals surface area (Å²) in [6, 6.07) is 4.75. The van der Waals surface area contributed by atoms with Crippen LogP contribution in [0.2, 0.25) is 0 Å². The van der Waals surface area contributed by atoms with Crippen molar-refractivity contribution in [3.05, 3.63) is 35.1 Å². The van der Waals surface area contributed by atoms with Gasteiger partial charge in [0.1, 0.15) is 11.7 Å². The molecule has 0 aliphatic rings. The van der Waals surface area contributed by atoms with Crippen molar-refractivity contribution in [1.82, 2.24) is 0 Å². The summed E-state index contributed by atoms with van der Waals surface area (Å²) < 4.78 is 24.4. The summed E-state index contributed by atoms with van der Waals surface area (Å²) in [5.74, 6) is -0.771. The molecule has 0 aromatic heterocycles. The summed E-state index contributed by atoms with van der Waals surface area (Å²) in [6.45, 7) is 4.91. The first-order valence-corrected chi connectivity index (χ1v) is 5.83. The first-order valence-electron chi connectivity index (χ1n) is 5.83. The number of hydrogen-bond acceptors (Lipinski definition) is 3. The lowest BCUT2D eigenvalue weighted by molar-refractivity contribution is 0.0137. The Labute approximate surface area is 106 Å². The van der Waals surface area contributed by atoms with Crippen molar-refractivity contribution in [1.29, 1.82) is 5.41 Å². The van der Waals surface area contributed by atoms with Crippen molar-refractivity contribution in [3.8, 4) is 0 Å². The maximum atomic E-state index is 13.8. The van der Waals surface area contributed by atoms with E-state index in [1.807, 2.05) is 13.8 Å². The van der Waals surface area contributed by atoms with Gasteiger partial charge in [-0.1, -0.05) is 12.1 Å². The normalized spacial score (nSPS) is 10.9. The molecule has 0 aliphatic carbocycles. The zero-order valence-electron chi connectivity index (χ0n) is 10.7. The van der Waals surface area contributed by atoms with Crippen LogP contribution in [0.1, 0.15) is 25.0 Å². The van der Waals surface area contributed by atoms with Gasteiger partial charge in [-0.05, 0) is 19.9 Å². The van der Waals surface area contributed by atoms with E-state index in [1.165, 1.54) is 6.07 Å². The summed E-state index contributed by atoms with van der Waals surface area (Å²) in [6.07, 6.45) is 0.159. The fourth-order valence-corrected chi connectivity index (χ4v) is 1.42. The number of amidine groups is 1. The van der Waals surface area contributed by atoms with E-state index in [0.717, 1.165) is 0 Å². The molecule has 0 unspecified atom stereocenters. The average Bonchev–Trinajstić information content (AvgIpc) is 2.30. The van der Waals surface area contributed by atoms with Crippen LogP contribution < -0.4 is 5.73 Å². The van der Waals surface area contributed by atoms with Gasteiger partial charge in [0.15, 0.2) is 0 Å². The third-order valence-corrected chi connectivity index (χ3v) is 2.31. The maximum absolute atomic E-state index is 13.8. The summed E-state index contributed by atoms with van der Waals surface area (Å²) in [5.41, 5.74) is 5.78. The molecule has 100 valence electrons. The smallest absolute Gasteiger partial charge is 0.139 e. The highest BCUT2D eigenvalue weighted by Gasteiger charge is 2.09. The highest BCUT2D eigenvalue weighted by atomic mass is 19.1. The highest BCUT2D eigenvalue weighted by Crippen LogP contribution is 2.13. The molecule has 1 aromatic carbocycles. The van der Waals surface area contributed by atoms with Gasteiger partial charge in [0.25, 0.3) is 0 Å². The zero-order valence-corrected chi connectivity index (χ0v) is 10.7. The van der Waals surface area contributed by atoms with Crippen LogP contribution in [0.15, 0.2) is 18.2 Å². The molecule has 1 aromatic rings. The maximum Gasteiger partial charge on any atom is 0.139 e. The number of halogens is 1. The zero-order chi connectivity index (χ0) is 13.5. The van der Waals surface area contributed by atoms with Crippen molar-refractivity contribution in [2.24, 2.45) is 5.73 Å². The van der Waals surface area contributed by atoms with Gasteiger partial charge in [0, 0.05) is 5.56 Å². The lowest BCUT2D eigenvalue weighted by Gasteiger charge is -2.10. The van der Waals surface area contributed by atoms with E-state index in [9.17, 15) is 4.39 Å². The number of nitrogens with two attached hydrogens (primary N) is 1. The molecule has 0 heterocycles. The Kier molecular flexibility index (Phi) is 5.74. The molecule has 0 fully saturated rings. The summed E-state index contributed by atoms with van der Waals surface area (Å²) in [5, 5.41) is 7.24. The highest BCUT2D eigenvalue weighted by molar-refractivity contribution is 5.95.